The van der Waals surface area contributed by atoms with Gasteiger partial charge in [-0.3, -0.25) is 9.91 Å². The predicted molar refractivity (Wildman–Crippen MR) is 135 cm³/mol. The Hall–Kier alpha value is -2.40. The molecule has 2 bridgehead atoms. The molecular weight excluding hydrogens is 454 g/mol. The fourth-order valence-electron chi connectivity index (χ4n) is 5.39. The van der Waals surface area contributed by atoms with Crippen molar-refractivity contribution in [3.8, 4) is 5.75 Å². The van der Waals surface area contributed by atoms with Crippen LogP contribution in [0.25, 0.3) is 0 Å². The summed E-state index contributed by atoms with van der Waals surface area (Å²) in [5.74, 6) is 9.26. The van der Waals surface area contributed by atoms with Gasteiger partial charge < -0.3 is 20.3 Å². The number of hydrazine groups is 1. The Morgan fingerprint density at radius 2 is 1.94 bits per heavy atom. The van der Waals surface area contributed by atoms with E-state index in [1.165, 1.54) is 25.9 Å². The lowest BCUT2D eigenvalue weighted by atomic mass is 9.84. The number of benzene rings is 1. The first-order valence-electron chi connectivity index (χ1n) is 12.2. The molecule has 4 aliphatic rings. The number of halogens is 1. The number of piperidine rings is 3. The number of nitrogens with two attached hydrogens (primary N) is 1. The van der Waals surface area contributed by atoms with Crippen LogP contribution in [0.3, 0.4) is 0 Å². The lowest BCUT2D eigenvalue weighted by Gasteiger charge is -2.44. The van der Waals surface area contributed by atoms with Gasteiger partial charge in [0.1, 0.15) is 11.9 Å². The van der Waals surface area contributed by atoms with Crippen molar-refractivity contribution >= 4 is 35.1 Å². The van der Waals surface area contributed by atoms with Crippen LogP contribution in [-0.2, 0) is 0 Å². The average molecular weight is 488 g/mol. The van der Waals surface area contributed by atoms with Gasteiger partial charge in [-0.25, -0.2) is 5.84 Å². The van der Waals surface area contributed by atoms with Crippen LogP contribution >= 0.6 is 11.6 Å². The minimum absolute atomic E-state index is 0.0698. The van der Waals surface area contributed by atoms with Crippen LogP contribution in [0.4, 0.5) is 23.5 Å². The van der Waals surface area contributed by atoms with Gasteiger partial charge >= 0.3 is 0 Å². The van der Waals surface area contributed by atoms with Gasteiger partial charge in [-0.15, -0.1) is 0 Å². The Bertz CT molecular complexity index is 1000. The quantitative estimate of drug-likeness (QED) is 0.380. The third kappa shape index (κ3) is 4.86. The Balaban J connectivity index is 1.43. The smallest absolute Gasteiger partial charge is 0.247 e. The summed E-state index contributed by atoms with van der Waals surface area (Å²) in [7, 11) is 1.59. The molecule has 5 heterocycles. The fraction of sp³-hybridized carbons (Fsp3) is 0.609. The number of fused-ring (bicyclic) bond motifs is 3. The van der Waals surface area contributed by atoms with Gasteiger partial charge in [-0.2, -0.15) is 15.0 Å². The molecule has 1 aromatic heterocycles. The standard InChI is InChI=1S/C23H34ClN9O/c1-3-32-10-4-5-20(32)33(25)23-29-21(26-16-6-7-19(34-2)17(24)13-16)28-22(30-23)27-18-14-31-11-8-15(18)9-12-31/h6-7,13,15,18,20H,3-5,8-12,14,25H2,1-2H3,(H2,26,27,28,29,30). The number of methoxy groups -OCH3 is 1. The summed E-state index contributed by atoms with van der Waals surface area (Å²) in [5, 5.41) is 9.06. The summed E-state index contributed by atoms with van der Waals surface area (Å²) in [6, 6.07) is 5.81. The van der Waals surface area contributed by atoms with E-state index in [1.807, 2.05) is 12.1 Å². The molecule has 0 spiro atoms. The van der Waals surface area contributed by atoms with Crippen LogP contribution in [0.5, 0.6) is 5.75 Å². The van der Waals surface area contributed by atoms with Crippen molar-refractivity contribution in [3.05, 3.63) is 23.2 Å². The number of nitrogens with one attached hydrogen (secondary N) is 2. The van der Waals surface area contributed by atoms with Gasteiger partial charge in [0.25, 0.3) is 0 Å². The van der Waals surface area contributed by atoms with Crippen molar-refractivity contribution in [1.29, 1.82) is 0 Å². The molecule has 4 aliphatic heterocycles. The number of hydrogen-bond acceptors (Lipinski definition) is 10. The maximum atomic E-state index is 6.59. The van der Waals surface area contributed by atoms with Crippen LogP contribution in [0.15, 0.2) is 18.2 Å². The van der Waals surface area contributed by atoms with E-state index in [0.29, 0.717) is 40.6 Å². The highest BCUT2D eigenvalue weighted by atomic mass is 35.5. The van der Waals surface area contributed by atoms with Gasteiger partial charge in [-0.05, 0) is 69.4 Å². The predicted octanol–water partition coefficient (Wildman–Crippen LogP) is 2.91. The van der Waals surface area contributed by atoms with E-state index in [-0.39, 0.29) is 6.17 Å². The van der Waals surface area contributed by atoms with E-state index in [1.54, 1.807) is 18.2 Å². The van der Waals surface area contributed by atoms with E-state index < -0.39 is 0 Å². The summed E-state index contributed by atoms with van der Waals surface area (Å²) >= 11 is 6.32. The highest BCUT2D eigenvalue weighted by Gasteiger charge is 2.35. The third-order valence-electron chi connectivity index (χ3n) is 7.29. The van der Waals surface area contributed by atoms with Crippen LogP contribution in [-0.4, -0.2) is 76.8 Å². The van der Waals surface area contributed by atoms with Gasteiger partial charge in [0.2, 0.25) is 17.8 Å². The number of nitrogens with zero attached hydrogens (tertiary/aromatic N) is 6. The van der Waals surface area contributed by atoms with Crippen molar-refractivity contribution in [2.45, 2.75) is 44.8 Å². The molecule has 0 saturated carbocycles. The second-order valence-electron chi connectivity index (χ2n) is 9.30. The first-order valence-corrected chi connectivity index (χ1v) is 12.6. The first-order chi connectivity index (χ1) is 16.5. The Kier molecular flexibility index (Phi) is 6.91. The number of ether oxygens (including phenoxy) is 1. The van der Waals surface area contributed by atoms with E-state index in [0.717, 1.165) is 38.2 Å². The summed E-state index contributed by atoms with van der Waals surface area (Å²) in [6.07, 6.45) is 4.58. The molecule has 1 aromatic carbocycles. The molecule has 0 radical (unpaired) electrons. The molecule has 4 saturated heterocycles. The molecule has 34 heavy (non-hydrogen) atoms. The van der Waals surface area contributed by atoms with Gasteiger partial charge in [0, 0.05) is 24.8 Å². The summed E-state index contributed by atoms with van der Waals surface area (Å²) in [4.78, 5) is 19.0. The Labute approximate surface area is 205 Å². The average Bonchev–Trinajstić information content (AvgIpc) is 3.33. The summed E-state index contributed by atoms with van der Waals surface area (Å²) in [6.45, 7) is 7.49. The maximum Gasteiger partial charge on any atom is 0.247 e. The van der Waals surface area contributed by atoms with E-state index in [9.17, 15) is 0 Å². The minimum Gasteiger partial charge on any atom is -0.495 e. The molecule has 11 heteroatoms. The Morgan fingerprint density at radius 1 is 1.15 bits per heavy atom. The monoisotopic (exact) mass is 487 g/mol. The zero-order valence-corrected chi connectivity index (χ0v) is 20.6. The first kappa shape index (κ1) is 23.3. The minimum atomic E-state index is 0.0698. The van der Waals surface area contributed by atoms with Crippen molar-refractivity contribution in [1.82, 2.24) is 24.8 Å². The highest BCUT2D eigenvalue weighted by molar-refractivity contribution is 6.32. The van der Waals surface area contributed by atoms with Gasteiger partial charge in [-0.1, -0.05) is 18.5 Å². The highest BCUT2D eigenvalue weighted by Crippen LogP contribution is 2.31. The number of aromatic nitrogens is 3. The van der Waals surface area contributed by atoms with Gasteiger partial charge in [0.15, 0.2) is 0 Å². The molecule has 0 amide bonds. The summed E-state index contributed by atoms with van der Waals surface area (Å²) in [5.41, 5.74) is 0.761. The zero-order chi connectivity index (χ0) is 23.7. The van der Waals surface area contributed by atoms with Crippen molar-refractivity contribution in [2.24, 2.45) is 11.8 Å². The molecular formula is C23H34ClN9O. The molecule has 4 N–H and O–H groups in total. The Morgan fingerprint density at radius 3 is 2.62 bits per heavy atom. The molecule has 2 atom stereocenters. The second kappa shape index (κ2) is 10.1. The lowest BCUT2D eigenvalue weighted by Crippen LogP contribution is -2.53. The fourth-order valence-corrected chi connectivity index (χ4v) is 5.65. The third-order valence-corrected chi connectivity index (χ3v) is 7.58. The zero-order valence-electron chi connectivity index (χ0n) is 19.9. The van der Waals surface area contributed by atoms with Gasteiger partial charge in [0.05, 0.1) is 12.1 Å². The van der Waals surface area contributed by atoms with Crippen molar-refractivity contribution in [2.75, 3.05) is 55.5 Å². The van der Waals surface area contributed by atoms with Crippen LogP contribution in [0, 0.1) is 5.92 Å². The number of rotatable bonds is 8. The lowest BCUT2D eigenvalue weighted by molar-refractivity contribution is 0.0972. The normalized spacial score (nSPS) is 26.5. The SMILES string of the molecule is CCN1CCCC1N(N)c1nc(Nc2ccc(OC)c(Cl)c2)nc(NC2CN3CCC2CC3)n1. The number of hydrogen-bond donors (Lipinski definition) is 3. The van der Waals surface area contributed by atoms with Crippen molar-refractivity contribution in [3.63, 3.8) is 0 Å². The van der Waals surface area contributed by atoms with E-state index in [4.69, 9.17) is 32.1 Å². The topological polar surface area (TPSA) is 108 Å². The van der Waals surface area contributed by atoms with Crippen LogP contribution in [0.2, 0.25) is 5.02 Å². The molecule has 2 aromatic rings. The molecule has 184 valence electrons. The van der Waals surface area contributed by atoms with Crippen LogP contribution in [0.1, 0.15) is 32.6 Å². The molecule has 0 aliphatic carbocycles. The molecule has 6 rings (SSSR count). The molecule has 2 unspecified atom stereocenters. The summed E-state index contributed by atoms with van der Waals surface area (Å²) < 4.78 is 5.26. The maximum absolute atomic E-state index is 6.59. The van der Waals surface area contributed by atoms with Crippen LogP contribution < -0.4 is 26.2 Å². The van der Waals surface area contributed by atoms with E-state index >= 15 is 0 Å². The number of anilines is 4. The molecule has 4 fully saturated rings. The largest absolute Gasteiger partial charge is 0.495 e. The van der Waals surface area contributed by atoms with Crippen molar-refractivity contribution < 1.29 is 4.74 Å². The second-order valence-corrected chi connectivity index (χ2v) is 9.71. The number of likely N-dealkylation sites (tertiary alicyclic amines) is 1. The molecule has 10 nitrogen and oxygen atoms in total. The van der Waals surface area contributed by atoms with E-state index in [2.05, 4.69) is 32.3 Å².